The maximum atomic E-state index is 12.7. The van der Waals surface area contributed by atoms with E-state index in [2.05, 4.69) is 24.5 Å². The highest BCUT2D eigenvalue weighted by Crippen LogP contribution is 2.42. The summed E-state index contributed by atoms with van der Waals surface area (Å²) in [4.78, 5) is 52.1. The number of nitrogens with one attached hydrogen (secondary N) is 2. The van der Waals surface area contributed by atoms with Gasteiger partial charge in [0.1, 0.15) is 10.0 Å². The zero-order valence-corrected chi connectivity index (χ0v) is 26.5. The molecule has 0 saturated carbocycles. The van der Waals surface area contributed by atoms with Crippen LogP contribution in [0, 0.1) is 11.8 Å². The summed E-state index contributed by atoms with van der Waals surface area (Å²) in [6.45, 7) is 4.37. The lowest BCUT2D eigenvalue weighted by atomic mass is 9.84. The highest BCUT2D eigenvalue weighted by Gasteiger charge is 2.29. The van der Waals surface area contributed by atoms with Gasteiger partial charge < -0.3 is 22.1 Å². The number of thiophene rings is 2. The molecule has 41 heavy (non-hydrogen) atoms. The second kappa shape index (κ2) is 14.7. The Morgan fingerprint density at radius 2 is 1.17 bits per heavy atom. The molecule has 11 heteroatoms. The number of primary amides is 2. The van der Waals surface area contributed by atoms with Crippen LogP contribution in [0.25, 0.3) is 0 Å². The van der Waals surface area contributed by atoms with Gasteiger partial charge in [-0.3, -0.25) is 19.2 Å². The third-order valence-corrected chi connectivity index (χ3v) is 11.4. The SMILES string of the molecule is CCCC1CCc2c(sc(NC(=O)CCSCCC(=O)Nc3sc4c(c3C(N)=O)CCC(CCC)C4)c2C(N)=O)C1. The fraction of sp³-hybridized carbons (Fsp3) is 0.600. The van der Waals surface area contributed by atoms with Gasteiger partial charge in [-0.2, -0.15) is 11.8 Å². The van der Waals surface area contributed by atoms with Crippen LogP contribution in [0.4, 0.5) is 10.0 Å². The first kappa shape index (κ1) is 31.6. The Hall–Kier alpha value is -2.37. The van der Waals surface area contributed by atoms with Crippen LogP contribution >= 0.6 is 34.4 Å². The van der Waals surface area contributed by atoms with Gasteiger partial charge in [0.25, 0.3) is 11.8 Å². The molecule has 2 atom stereocenters. The Morgan fingerprint density at radius 3 is 1.54 bits per heavy atom. The molecule has 2 aromatic rings. The molecule has 224 valence electrons. The molecule has 2 aliphatic carbocycles. The first-order valence-corrected chi connectivity index (χ1v) is 17.6. The van der Waals surface area contributed by atoms with Crippen LogP contribution in [0.2, 0.25) is 0 Å². The van der Waals surface area contributed by atoms with Crippen molar-refractivity contribution in [2.24, 2.45) is 23.3 Å². The van der Waals surface area contributed by atoms with Crippen LogP contribution in [-0.2, 0) is 35.3 Å². The van der Waals surface area contributed by atoms with E-state index in [4.69, 9.17) is 11.5 Å². The molecule has 0 radical (unpaired) electrons. The Kier molecular flexibility index (Phi) is 11.3. The lowest BCUT2D eigenvalue weighted by molar-refractivity contribution is -0.116. The second-order valence-electron chi connectivity index (χ2n) is 11.1. The summed E-state index contributed by atoms with van der Waals surface area (Å²) < 4.78 is 0. The summed E-state index contributed by atoms with van der Waals surface area (Å²) in [6, 6.07) is 0. The molecule has 2 heterocycles. The minimum atomic E-state index is -0.487. The molecule has 2 unspecified atom stereocenters. The van der Waals surface area contributed by atoms with Crippen molar-refractivity contribution in [1.29, 1.82) is 0 Å². The highest BCUT2D eigenvalue weighted by atomic mass is 32.2. The zero-order chi connectivity index (χ0) is 29.5. The van der Waals surface area contributed by atoms with E-state index in [-0.39, 0.29) is 24.7 Å². The van der Waals surface area contributed by atoms with Crippen molar-refractivity contribution < 1.29 is 19.2 Å². The summed E-state index contributed by atoms with van der Waals surface area (Å²) in [7, 11) is 0. The lowest BCUT2D eigenvalue weighted by Gasteiger charge is -2.21. The van der Waals surface area contributed by atoms with Crippen LogP contribution in [-0.4, -0.2) is 35.1 Å². The fourth-order valence-corrected chi connectivity index (χ4v) is 9.76. The Labute approximate surface area is 254 Å². The van der Waals surface area contributed by atoms with Crippen LogP contribution < -0.4 is 22.1 Å². The molecule has 6 N–H and O–H groups in total. The number of fused-ring (bicyclic) bond motifs is 2. The van der Waals surface area contributed by atoms with Gasteiger partial charge in [-0.1, -0.05) is 39.5 Å². The lowest BCUT2D eigenvalue weighted by Crippen LogP contribution is -2.20. The Morgan fingerprint density at radius 1 is 0.756 bits per heavy atom. The summed E-state index contributed by atoms with van der Waals surface area (Å²) in [6.07, 6.45) is 10.8. The van der Waals surface area contributed by atoms with Crippen LogP contribution in [0.1, 0.15) is 107 Å². The van der Waals surface area contributed by atoms with Crippen molar-refractivity contribution in [1.82, 2.24) is 0 Å². The maximum absolute atomic E-state index is 12.7. The number of hydrogen-bond donors (Lipinski definition) is 4. The van der Waals surface area contributed by atoms with E-state index in [9.17, 15) is 19.2 Å². The number of amides is 4. The first-order valence-electron chi connectivity index (χ1n) is 14.8. The molecule has 4 amide bonds. The third-order valence-electron chi connectivity index (χ3n) is 8.07. The van der Waals surface area contributed by atoms with Gasteiger partial charge in [-0.05, 0) is 61.5 Å². The number of hydrogen-bond acceptors (Lipinski definition) is 7. The number of nitrogens with two attached hydrogens (primary N) is 2. The van der Waals surface area contributed by atoms with E-state index < -0.39 is 11.8 Å². The summed E-state index contributed by atoms with van der Waals surface area (Å²) in [5.74, 6) is 1.04. The van der Waals surface area contributed by atoms with E-state index in [1.54, 1.807) is 0 Å². The van der Waals surface area contributed by atoms with E-state index in [1.165, 1.54) is 57.0 Å². The number of thioether (sulfide) groups is 1. The minimum absolute atomic E-state index is 0.162. The molecule has 0 aliphatic heterocycles. The Bertz CT molecular complexity index is 1190. The second-order valence-corrected chi connectivity index (χ2v) is 14.6. The van der Waals surface area contributed by atoms with Crippen LogP contribution in [0.3, 0.4) is 0 Å². The molecule has 0 spiro atoms. The summed E-state index contributed by atoms with van der Waals surface area (Å²) in [5.41, 5.74) is 14.4. The molecule has 0 saturated heterocycles. The van der Waals surface area contributed by atoms with E-state index in [0.29, 0.717) is 44.5 Å². The first-order chi connectivity index (χ1) is 19.7. The number of carbonyl (C=O) groups is 4. The minimum Gasteiger partial charge on any atom is -0.365 e. The van der Waals surface area contributed by atoms with Crippen molar-refractivity contribution in [3.8, 4) is 0 Å². The zero-order valence-electron chi connectivity index (χ0n) is 24.1. The topological polar surface area (TPSA) is 144 Å². The van der Waals surface area contributed by atoms with Crippen molar-refractivity contribution >= 4 is 68.1 Å². The largest absolute Gasteiger partial charge is 0.365 e. The predicted octanol–water partition coefficient (Wildman–Crippen LogP) is 5.91. The quantitative estimate of drug-likeness (QED) is 0.195. The number of rotatable bonds is 14. The van der Waals surface area contributed by atoms with Crippen LogP contribution in [0.5, 0.6) is 0 Å². The molecule has 8 nitrogen and oxygen atoms in total. The molecule has 2 aliphatic rings. The molecular weight excluding hydrogens is 577 g/mol. The summed E-state index contributed by atoms with van der Waals surface area (Å²) >= 11 is 4.50. The molecule has 0 aromatic carbocycles. The molecule has 2 aromatic heterocycles. The van der Waals surface area contributed by atoms with Gasteiger partial charge in [0.05, 0.1) is 11.1 Å². The summed E-state index contributed by atoms with van der Waals surface area (Å²) in [5, 5.41) is 6.98. The van der Waals surface area contributed by atoms with Gasteiger partial charge in [0, 0.05) is 34.1 Å². The average molecular weight is 619 g/mol. The molecule has 0 fully saturated rings. The molecule has 0 bridgehead atoms. The monoisotopic (exact) mass is 618 g/mol. The van der Waals surface area contributed by atoms with Crippen molar-refractivity contribution in [3.05, 3.63) is 32.0 Å². The highest BCUT2D eigenvalue weighted by molar-refractivity contribution is 7.99. The van der Waals surface area contributed by atoms with Gasteiger partial charge in [0.2, 0.25) is 11.8 Å². The number of anilines is 2. The average Bonchev–Trinajstić information content (AvgIpc) is 3.45. The standard InChI is InChI=1S/C30H42N4O4S3/c1-3-5-17-7-9-19-21(15-17)40-29(25(19)27(31)37)33-23(35)11-13-39-14-12-24(36)34-30-26(28(32)38)20-10-8-18(6-4-2)16-22(20)41-30/h17-18H,3-16H2,1-2H3,(H2,31,37)(H2,32,38)(H,33,35)(H,34,36). The van der Waals surface area contributed by atoms with Crippen LogP contribution in [0.15, 0.2) is 0 Å². The van der Waals surface area contributed by atoms with Gasteiger partial charge in [0.15, 0.2) is 0 Å². The van der Waals surface area contributed by atoms with Crippen molar-refractivity contribution in [2.45, 2.75) is 90.9 Å². The fourth-order valence-electron chi connectivity index (χ4n) is 6.13. The van der Waals surface area contributed by atoms with E-state index >= 15 is 0 Å². The maximum Gasteiger partial charge on any atom is 0.251 e. The predicted molar refractivity (Wildman–Crippen MR) is 170 cm³/mol. The van der Waals surface area contributed by atoms with Crippen molar-refractivity contribution in [2.75, 3.05) is 22.1 Å². The smallest absolute Gasteiger partial charge is 0.251 e. The van der Waals surface area contributed by atoms with Crippen molar-refractivity contribution in [3.63, 3.8) is 0 Å². The normalized spacial score (nSPS) is 17.9. The van der Waals surface area contributed by atoms with Gasteiger partial charge in [-0.25, -0.2) is 0 Å². The third kappa shape index (κ3) is 7.93. The Balaban J connectivity index is 1.23. The van der Waals surface area contributed by atoms with E-state index in [0.717, 1.165) is 62.5 Å². The van der Waals surface area contributed by atoms with E-state index in [1.807, 2.05) is 0 Å². The number of carbonyl (C=O) groups excluding carboxylic acids is 4. The molecular formula is C30H42N4O4S3. The van der Waals surface area contributed by atoms with Gasteiger partial charge in [-0.15, -0.1) is 22.7 Å². The van der Waals surface area contributed by atoms with Gasteiger partial charge >= 0.3 is 0 Å². The molecule has 4 rings (SSSR count).